The lowest BCUT2D eigenvalue weighted by atomic mass is 10.2. The number of nitrogens with zero attached hydrogens (tertiary/aromatic N) is 1. The van der Waals surface area contributed by atoms with Crippen molar-refractivity contribution in [2.45, 2.75) is 32.4 Å². The van der Waals surface area contributed by atoms with E-state index in [1.54, 1.807) is 0 Å². The second kappa shape index (κ2) is 5.64. The van der Waals surface area contributed by atoms with Crippen molar-refractivity contribution in [2.24, 2.45) is 5.73 Å². The van der Waals surface area contributed by atoms with Crippen molar-refractivity contribution in [3.05, 3.63) is 16.1 Å². The van der Waals surface area contributed by atoms with Crippen molar-refractivity contribution in [2.75, 3.05) is 0 Å². The molecule has 1 aromatic rings. The van der Waals surface area contributed by atoms with Gasteiger partial charge in [-0.25, -0.2) is 4.98 Å². The Morgan fingerprint density at radius 2 is 2.50 bits per heavy atom. The van der Waals surface area contributed by atoms with Gasteiger partial charge in [0.15, 0.2) is 0 Å². The van der Waals surface area contributed by atoms with Crippen LogP contribution in [0.25, 0.3) is 0 Å². The Balaban J connectivity index is 2.55. The lowest BCUT2D eigenvalue weighted by Crippen LogP contribution is -2.41. The fourth-order valence-electron chi connectivity index (χ4n) is 1.17. The van der Waals surface area contributed by atoms with Gasteiger partial charge in [0.25, 0.3) is 0 Å². The predicted molar refractivity (Wildman–Crippen MR) is 64.8 cm³/mol. The first kappa shape index (κ1) is 12.7. The van der Waals surface area contributed by atoms with E-state index in [-0.39, 0.29) is 18.4 Å². The first-order chi connectivity index (χ1) is 7.54. The van der Waals surface area contributed by atoms with Crippen LogP contribution in [0.3, 0.4) is 0 Å². The van der Waals surface area contributed by atoms with Crippen molar-refractivity contribution >= 4 is 17.2 Å². The monoisotopic (exact) mass is 237 g/mol. The van der Waals surface area contributed by atoms with Gasteiger partial charge in [0.1, 0.15) is 5.01 Å². The van der Waals surface area contributed by atoms with Crippen LogP contribution in [0.1, 0.15) is 30.1 Å². The van der Waals surface area contributed by atoms with Crippen LogP contribution in [-0.2, 0) is 4.79 Å². The molecule has 0 saturated carbocycles. The molecule has 5 heteroatoms. The second-order valence-corrected chi connectivity index (χ2v) is 4.46. The average molecular weight is 237 g/mol. The minimum absolute atomic E-state index is 0.130. The van der Waals surface area contributed by atoms with Gasteiger partial charge in [0, 0.05) is 17.5 Å². The highest BCUT2D eigenvalue weighted by atomic mass is 32.1. The number of amides is 1. The Labute approximate surface area is 99.3 Å². The number of aromatic nitrogens is 1. The van der Waals surface area contributed by atoms with E-state index in [0.717, 1.165) is 10.7 Å². The van der Waals surface area contributed by atoms with Gasteiger partial charge in [0.2, 0.25) is 5.91 Å². The summed E-state index contributed by atoms with van der Waals surface area (Å²) >= 11 is 1.52. The molecule has 0 aliphatic heterocycles. The molecule has 86 valence electrons. The van der Waals surface area contributed by atoms with Crippen molar-refractivity contribution in [3.63, 3.8) is 0 Å². The predicted octanol–water partition coefficient (Wildman–Crippen LogP) is 0.979. The zero-order chi connectivity index (χ0) is 12.1. The van der Waals surface area contributed by atoms with Crippen LogP contribution in [0, 0.1) is 19.3 Å². The van der Waals surface area contributed by atoms with E-state index in [0.29, 0.717) is 0 Å². The lowest BCUT2D eigenvalue weighted by molar-refractivity contribution is -0.122. The molecule has 0 spiro atoms. The quantitative estimate of drug-likeness (QED) is 0.767. The van der Waals surface area contributed by atoms with Crippen molar-refractivity contribution in [1.29, 1.82) is 0 Å². The number of carbonyl (C=O) groups is 1. The smallest absolute Gasteiger partial charge is 0.238 e. The standard InChI is InChI=1S/C11H15N3OS/c1-4-5-9(12)10(15)14-8(3)11-13-7(2)6-16-11/h1,6,8-9H,5,12H2,2-3H3,(H,14,15). The van der Waals surface area contributed by atoms with Gasteiger partial charge in [-0.2, -0.15) is 0 Å². The van der Waals surface area contributed by atoms with E-state index in [9.17, 15) is 4.79 Å². The number of aryl methyl sites for hydroxylation is 1. The molecule has 0 radical (unpaired) electrons. The van der Waals surface area contributed by atoms with Crippen LogP contribution in [-0.4, -0.2) is 16.9 Å². The number of hydrogen-bond acceptors (Lipinski definition) is 4. The highest BCUT2D eigenvalue weighted by Gasteiger charge is 2.17. The molecule has 0 aliphatic carbocycles. The molecule has 2 unspecified atom stereocenters. The minimum Gasteiger partial charge on any atom is -0.346 e. The maximum Gasteiger partial charge on any atom is 0.238 e. The van der Waals surface area contributed by atoms with Crippen LogP contribution in [0.15, 0.2) is 5.38 Å². The number of terminal acetylenes is 1. The molecule has 0 fully saturated rings. The number of hydrogen-bond donors (Lipinski definition) is 2. The summed E-state index contributed by atoms with van der Waals surface area (Å²) in [6, 6.07) is -0.775. The van der Waals surface area contributed by atoms with Gasteiger partial charge in [-0.15, -0.1) is 23.7 Å². The maximum absolute atomic E-state index is 11.6. The third-order valence-corrected chi connectivity index (χ3v) is 3.19. The highest BCUT2D eigenvalue weighted by molar-refractivity contribution is 7.09. The van der Waals surface area contributed by atoms with Gasteiger partial charge in [-0.3, -0.25) is 4.79 Å². The largest absolute Gasteiger partial charge is 0.346 e. The van der Waals surface area contributed by atoms with Crippen molar-refractivity contribution < 1.29 is 4.79 Å². The Hall–Kier alpha value is -1.38. The molecule has 16 heavy (non-hydrogen) atoms. The molecular weight excluding hydrogens is 222 g/mol. The Morgan fingerprint density at radius 1 is 1.81 bits per heavy atom. The molecule has 4 nitrogen and oxygen atoms in total. The molecule has 0 aromatic carbocycles. The summed E-state index contributed by atoms with van der Waals surface area (Å²) in [6.45, 7) is 3.79. The SMILES string of the molecule is C#CCC(N)C(=O)NC(C)c1nc(C)cs1. The number of rotatable bonds is 4. The Bertz CT molecular complexity index is 408. The summed E-state index contributed by atoms with van der Waals surface area (Å²) in [4.78, 5) is 15.9. The first-order valence-corrected chi connectivity index (χ1v) is 5.84. The number of nitrogens with one attached hydrogen (secondary N) is 1. The summed E-state index contributed by atoms with van der Waals surface area (Å²) in [7, 11) is 0. The van der Waals surface area contributed by atoms with Crippen molar-refractivity contribution in [1.82, 2.24) is 10.3 Å². The molecule has 1 rings (SSSR count). The van der Waals surface area contributed by atoms with E-state index in [2.05, 4.69) is 16.2 Å². The van der Waals surface area contributed by atoms with Gasteiger partial charge >= 0.3 is 0 Å². The fourth-order valence-corrected chi connectivity index (χ4v) is 1.98. The van der Waals surface area contributed by atoms with Crippen LogP contribution in [0.4, 0.5) is 0 Å². The third kappa shape index (κ3) is 3.33. The molecule has 3 N–H and O–H groups in total. The van der Waals surface area contributed by atoms with Crippen LogP contribution >= 0.6 is 11.3 Å². The van der Waals surface area contributed by atoms with Gasteiger partial charge < -0.3 is 11.1 Å². The zero-order valence-electron chi connectivity index (χ0n) is 9.36. The first-order valence-electron chi connectivity index (χ1n) is 4.96. The van der Waals surface area contributed by atoms with E-state index in [1.807, 2.05) is 19.2 Å². The molecule has 0 aliphatic rings. The Kier molecular flexibility index (Phi) is 4.47. The second-order valence-electron chi connectivity index (χ2n) is 3.57. The lowest BCUT2D eigenvalue weighted by Gasteiger charge is -2.14. The molecule has 1 amide bonds. The summed E-state index contributed by atoms with van der Waals surface area (Å²) in [6.07, 6.45) is 5.34. The number of nitrogens with two attached hydrogens (primary N) is 1. The highest BCUT2D eigenvalue weighted by Crippen LogP contribution is 2.17. The number of thiazole rings is 1. The molecule has 1 heterocycles. The minimum atomic E-state index is -0.645. The zero-order valence-corrected chi connectivity index (χ0v) is 10.2. The van der Waals surface area contributed by atoms with E-state index >= 15 is 0 Å². The van der Waals surface area contributed by atoms with Crippen LogP contribution in [0.2, 0.25) is 0 Å². The third-order valence-electron chi connectivity index (χ3n) is 2.04. The molecule has 0 saturated heterocycles. The molecular formula is C11H15N3OS. The summed E-state index contributed by atoms with van der Waals surface area (Å²) in [5, 5.41) is 5.60. The Morgan fingerprint density at radius 3 is 3.00 bits per heavy atom. The fraction of sp³-hybridized carbons (Fsp3) is 0.455. The van der Waals surface area contributed by atoms with E-state index in [1.165, 1.54) is 11.3 Å². The van der Waals surface area contributed by atoms with E-state index in [4.69, 9.17) is 12.2 Å². The normalized spacial score (nSPS) is 13.9. The molecule has 2 atom stereocenters. The van der Waals surface area contributed by atoms with Crippen molar-refractivity contribution in [3.8, 4) is 12.3 Å². The van der Waals surface area contributed by atoms with Crippen LogP contribution in [0.5, 0.6) is 0 Å². The average Bonchev–Trinajstić information content (AvgIpc) is 2.65. The maximum atomic E-state index is 11.6. The van der Waals surface area contributed by atoms with Gasteiger partial charge in [0.05, 0.1) is 12.1 Å². The summed E-state index contributed by atoms with van der Waals surface area (Å²) in [5.41, 5.74) is 6.54. The topological polar surface area (TPSA) is 68.0 Å². The van der Waals surface area contributed by atoms with E-state index < -0.39 is 6.04 Å². The van der Waals surface area contributed by atoms with Gasteiger partial charge in [-0.1, -0.05) is 0 Å². The molecule has 0 bridgehead atoms. The van der Waals surface area contributed by atoms with Gasteiger partial charge in [-0.05, 0) is 13.8 Å². The summed E-state index contributed by atoms with van der Waals surface area (Å²) in [5.74, 6) is 2.13. The number of carbonyl (C=O) groups excluding carboxylic acids is 1. The summed E-state index contributed by atoms with van der Waals surface area (Å²) < 4.78 is 0. The molecule has 1 aromatic heterocycles. The van der Waals surface area contributed by atoms with Crippen LogP contribution < -0.4 is 11.1 Å².